The summed E-state index contributed by atoms with van der Waals surface area (Å²) in [7, 11) is 0. The van der Waals surface area contributed by atoms with Crippen LogP contribution in [0.1, 0.15) is 46.0 Å². The van der Waals surface area contributed by atoms with Gasteiger partial charge in [-0.3, -0.25) is 0 Å². The average Bonchev–Trinajstić information content (AvgIpc) is 2.17. The van der Waals surface area contributed by atoms with Crippen molar-refractivity contribution >= 4 is 0 Å². The zero-order valence-electron chi connectivity index (χ0n) is 10.3. The SMILES string of the molecule is C=CCC[C@@H](CC[C@H](C)CCO)C(=C)C. The maximum absolute atomic E-state index is 8.82. The molecule has 2 atom stereocenters. The smallest absolute Gasteiger partial charge is 0.0433 e. The molecule has 0 radical (unpaired) electrons. The highest BCUT2D eigenvalue weighted by molar-refractivity contribution is 4.96. The molecule has 0 rings (SSSR count). The normalized spacial score (nSPS) is 14.6. The summed E-state index contributed by atoms with van der Waals surface area (Å²) < 4.78 is 0. The molecule has 0 saturated carbocycles. The number of hydrogen-bond acceptors (Lipinski definition) is 1. The van der Waals surface area contributed by atoms with Crippen LogP contribution in [0.2, 0.25) is 0 Å². The van der Waals surface area contributed by atoms with Gasteiger partial charge in [0.15, 0.2) is 0 Å². The molecule has 0 aliphatic carbocycles. The lowest BCUT2D eigenvalue weighted by Gasteiger charge is -2.18. The Labute approximate surface area is 94.9 Å². The Balaban J connectivity index is 3.84. The zero-order chi connectivity index (χ0) is 11.7. The van der Waals surface area contributed by atoms with Crippen LogP contribution in [0.4, 0.5) is 0 Å². The predicted octanol–water partition coefficient (Wildman–Crippen LogP) is 3.94. The van der Waals surface area contributed by atoms with Crippen molar-refractivity contribution in [2.24, 2.45) is 11.8 Å². The predicted molar refractivity (Wildman–Crippen MR) is 67.8 cm³/mol. The monoisotopic (exact) mass is 210 g/mol. The lowest BCUT2D eigenvalue weighted by molar-refractivity contribution is 0.253. The first-order chi connectivity index (χ1) is 7.11. The number of aliphatic hydroxyl groups is 1. The summed E-state index contributed by atoms with van der Waals surface area (Å²) in [6, 6.07) is 0. The van der Waals surface area contributed by atoms with E-state index in [1.54, 1.807) is 0 Å². The Morgan fingerprint density at radius 2 is 1.93 bits per heavy atom. The summed E-state index contributed by atoms with van der Waals surface area (Å²) in [5, 5.41) is 8.82. The molecule has 0 spiro atoms. The minimum absolute atomic E-state index is 0.311. The Kier molecular flexibility index (Phi) is 8.40. The third-order valence-corrected chi connectivity index (χ3v) is 3.05. The van der Waals surface area contributed by atoms with Crippen molar-refractivity contribution in [3.8, 4) is 0 Å². The largest absolute Gasteiger partial charge is 0.396 e. The van der Waals surface area contributed by atoms with Crippen LogP contribution in [0.15, 0.2) is 24.8 Å². The van der Waals surface area contributed by atoms with Gasteiger partial charge in [0.25, 0.3) is 0 Å². The fourth-order valence-corrected chi connectivity index (χ4v) is 1.81. The third-order valence-electron chi connectivity index (χ3n) is 3.05. The highest BCUT2D eigenvalue weighted by Gasteiger charge is 2.10. The molecule has 0 aliphatic rings. The molecule has 0 aromatic rings. The topological polar surface area (TPSA) is 20.2 Å². The van der Waals surface area contributed by atoms with E-state index >= 15 is 0 Å². The van der Waals surface area contributed by atoms with Gasteiger partial charge in [-0.1, -0.05) is 31.6 Å². The van der Waals surface area contributed by atoms with Gasteiger partial charge < -0.3 is 5.11 Å². The van der Waals surface area contributed by atoms with Gasteiger partial charge in [-0.15, -0.1) is 6.58 Å². The van der Waals surface area contributed by atoms with E-state index in [1.165, 1.54) is 24.8 Å². The van der Waals surface area contributed by atoms with Crippen molar-refractivity contribution < 1.29 is 5.11 Å². The van der Waals surface area contributed by atoms with Crippen LogP contribution in [0.5, 0.6) is 0 Å². The first-order valence-electron chi connectivity index (χ1n) is 5.99. The highest BCUT2D eigenvalue weighted by atomic mass is 16.3. The van der Waals surface area contributed by atoms with Gasteiger partial charge in [0, 0.05) is 6.61 Å². The van der Waals surface area contributed by atoms with Gasteiger partial charge in [0.2, 0.25) is 0 Å². The Morgan fingerprint density at radius 3 is 2.40 bits per heavy atom. The molecule has 0 aromatic carbocycles. The zero-order valence-corrected chi connectivity index (χ0v) is 10.3. The van der Waals surface area contributed by atoms with Crippen LogP contribution in [0.25, 0.3) is 0 Å². The molecule has 0 heterocycles. The molecule has 0 saturated heterocycles. The number of allylic oxidation sites excluding steroid dienone is 2. The molecular formula is C14H26O. The van der Waals surface area contributed by atoms with Crippen LogP contribution < -0.4 is 0 Å². The Hall–Kier alpha value is -0.560. The second kappa shape index (κ2) is 8.72. The van der Waals surface area contributed by atoms with E-state index in [4.69, 9.17) is 5.11 Å². The molecule has 15 heavy (non-hydrogen) atoms. The van der Waals surface area contributed by atoms with Crippen molar-refractivity contribution in [2.45, 2.75) is 46.0 Å². The lowest BCUT2D eigenvalue weighted by atomic mass is 9.88. The fraction of sp³-hybridized carbons (Fsp3) is 0.714. The molecule has 1 N–H and O–H groups in total. The van der Waals surface area contributed by atoms with E-state index in [-0.39, 0.29) is 0 Å². The molecule has 0 fully saturated rings. The summed E-state index contributed by atoms with van der Waals surface area (Å²) in [5.74, 6) is 1.25. The van der Waals surface area contributed by atoms with E-state index in [9.17, 15) is 0 Å². The molecule has 0 unspecified atom stereocenters. The van der Waals surface area contributed by atoms with Crippen molar-refractivity contribution in [1.29, 1.82) is 0 Å². The van der Waals surface area contributed by atoms with E-state index in [1.807, 2.05) is 6.08 Å². The van der Waals surface area contributed by atoms with Gasteiger partial charge in [-0.25, -0.2) is 0 Å². The van der Waals surface area contributed by atoms with Gasteiger partial charge >= 0.3 is 0 Å². The highest BCUT2D eigenvalue weighted by Crippen LogP contribution is 2.24. The molecule has 1 nitrogen and oxygen atoms in total. The lowest BCUT2D eigenvalue weighted by Crippen LogP contribution is -2.05. The minimum Gasteiger partial charge on any atom is -0.396 e. The van der Waals surface area contributed by atoms with Crippen molar-refractivity contribution in [2.75, 3.05) is 6.61 Å². The summed E-state index contributed by atoms with van der Waals surface area (Å²) in [5.41, 5.74) is 1.29. The van der Waals surface area contributed by atoms with Crippen LogP contribution in [0.3, 0.4) is 0 Å². The Morgan fingerprint density at radius 1 is 1.27 bits per heavy atom. The maximum atomic E-state index is 8.82. The van der Waals surface area contributed by atoms with Crippen molar-refractivity contribution in [1.82, 2.24) is 0 Å². The van der Waals surface area contributed by atoms with E-state index in [0.717, 1.165) is 12.8 Å². The molecule has 0 bridgehead atoms. The molecule has 0 aromatic heterocycles. The standard InChI is InChI=1S/C14H26O/c1-5-6-7-14(12(2)3)9-8-13(4)10-11-15/h5,13-15H,1-2,6-11H2,3-4H3/t13-,14-/m0/s1. The number of hydrogen-bond donors (Lipinski definition) is 1. The average molecular weight is 210 g/mol. The van der Waals surface area contributed by atoms with Gasteiger partial charge in [0.05, 0.1) is 0 Å². The number of aliphatic hydroxyl groups excluding tert-OH is 1. The van der Waals surface area contributed by atoms with E-state index < -0.39 is 0 Å². The van der Waals surface area contributed by atoms with Crippen LogP contribution >= 0.6 is 0 Å². The van der Waals surface area contributed by atoms with Gasteiger partial charge in [0.1, 0.15) is 0 Å². The fourth-order valence-electron chi connectivity index (χ4n) is 1.81. The number of rotatable bonds is 9. The van der Waals surface area contributed by atoms with Crippen molar-refractivity contribution in [3.63, 3.8) is 0 Å². The van der Waals surface area contributed by atoms with E-state index in [0.29, 0.717) is 18.4 Å². The molecular weight excluding hydrogens is 184 g/mol. The van der Waals surface area contributed by atoms with Gasteiger partial charge in [-0.2, -0.15) is 0 Å². The molecule has 1 heteroatoms. The summed E-state index contributed by atoms with van der Waals surface area (Å²) in [6.07, 6.45) is 7.54. The second-order valence-electron chi connectivity index (χ2n) is 4.60. The van der Waals surface area contributed by atoms with Crippen LogP contribution in [-0.2, 0) is 0 Å². The first kappa shape index (κ1) is 14.4. The maximum Gasteiger partial charge on any atom is 0.0433 e. The van der Waals surface area contributed by atoms with Gasteiger partial charge in [-0.05, 0) is 44.4 Å². The molecule has 0 amide bonds. The quantitative estimate of drug-likeness (QED) is 0.571. The van der Waals surface area contributed by atoms with Crippen molar-refractivity contribution in [3.05, 3.63) is 24.8 Å². The summed E-state index contributed by atoms with van der Waals surface area (Å²) in [4.78, 5) is 0. The minimum atomic E-state index is 0.311. The van der Waals surface area contributed by atoms with Crippen LogP contribution in [0, 0.1) is 11.8 Å². The van der Waals surface area contributed by atoms with Crippen LogP contribution in [-0.4, -0.2) is 11.7 Å². The second-order valence-corrected chi connectivity index (χ2v) is 4.60. The summed E-state index contributed by atoms with van der Waals surface area (Å²) >= 11 is 0. The summed E-state index contributed by atoms with van der Waals surface area (Å²) in [6.45, 7) is 12.4. The third kappa shape index (κ3) is 7.38. The molecule has 0 aliphatic heterocycles. The Bertz CT molecular complexity index is 184. The first-order valence-corrected chi connectivity index (χ1v) is 5.99. The molecule has 88 valence electrons. The van der Waals surface area contributed by atoms with E-state index in [2.05, 4.69) is 27.0 Å².